The highest BCUT2D eigenvalue weighted by Crippen LogP contribution is 2.46. The van der Waals surface area contributed by atoms with Crippen LogP contribution in [0.4, 0.5) is 17.1 Å². The zero-order chi connectivity index (χ0) is 17.6. The van der Waals surface area contributed by atoms with Crippen molar-refractivity contribution in [2.75, 3.05) is 22.6 Å². The number of benzene rings is 1. The van der Waals surface area contributed by atoms with Crippen LogP contribution in [0.3, 0.4) is 0 Å². The molecule has 0 bridgehead atoms. The molecule has 2 aliphatic rings. The van der Waals surface area contributed by atoms with Gasteiger partial charge in [-0.05, 0) is 26.0 Å². The SMILES string of the molecule is CCOC(=O)C1(C)C(=O)Nc2cc3c(cc21)NC(c1cnncn1)N3. The lowest BCUT2D eigenvalue weighted by atomic mass is 9.83. The maximum atomic E-state index is 12.4. The summed E-state index contributed by atoms with van der Waals surface area (Å²) < 4.78 is 5.10. The minimum atomic E-state index is -1.36. The number of fused-ring (bicyclic) bond motifs is 2. The molecule has 1 aromatic carbocycles. The molecule has 2 aliphatic heterocycles. The molecule has 0 saturated carbocycles. The van der Waals surface area contributed by atoms with E-state index in [9.17, 15) is 9.59 Å². The average Bonchev–Trinajstić information content (AvgIpc) is 3.14. The van der Waals surface area contributed by atoms with Crippen molar-refractivity contribution in [2.45, 2.75) is 25.4 Å². The molecule has 0 fully saturated rings. The number of rotatable bonds is 3. The van der Waals surface area contributed by atoms with E-state index in [0.29, 0.717) is 16.9 Å². The fourth-order valence-electron chi connectivity index (χ4n) is 3.10. The topological polar surface area (TPSA) is 118 Å². The van der Waals surface area contributed by atoms with Crippen molar-refractivity contribution in [3.05, 3.63) is 35.9 Å². The summed E-state index contributed by atoms with van der Waals surface area (Å²) in [6.45, 7) is 3.50. The number of ether oxygens (including phenoxy) is 1. The van der Waals surface area contributed by atoms with Crippen molar-refractivity contribution in [1.82, 2.24) is 15.2 Å². The molecule has 4 rings (SSSR count). The van der Waals surface area contributed by atoms with Crippen molar-refractivity contribution < 1.29 is 14.3 Å². The van der Waals surface area contributed by atoms with Gasteiger partial charge in [-0.3, -0.25) is 9.59 Å². The van der Waals surface area contributed by atoms with Crippen molar-refractivity contribution in [3.8, 4) is 0 Å². The standard InChI is InChI=1S/C16H16N6O3/c1-3-25-15(24)16(2)8-4-10-11(5-9(8)22-14(16)23)21-13(20-10)12-6-18-19-7-17-12/h4-7,13,20-21H,3H2,1-2H3,(H,22,23). The molecule has 2 atom stereocenters. The van der Waals surface area contributed by atoms with Gasteiger partial charge in [-0.2, -0.15) is 5.10 Å². The number of carbonyl (C=O) groups excluding carboxylic acids is 2. The quantitative estimate of drug-likeness (QED) is 0.563. The molecule has 1 amide bonds. The molecular weight excluding hydrogens is 324 g/mol. The third-order valence-corrected chi connectivity index (χ3v) is 4.49. The fourth-order valence-corrected chi connectivity index (χ4v) is 3.10. The van der Waals surface area contributed by atoms with Gasteiger partial charge in [-0.25, -0.2) is 4.98 Å². The predicted octanol–water partition coefficient (Wildman–Crippen LogP) is 1.18. The molecular formula is C16H16N6O3. The summed E-state index contributed by atoms with van der Waals surface area (Å²) in [5.41, 5.74) is 2.07. The normalized spacial score (nSPS) is 23.1. The van der Waals surface area contributed by atoms with E-state index >= 15 is 0 Å². The van der Waals surface area contributed by atoms with E-state index in [4.69, 9.17) is 4.74 Å². The molecule has 128 valence electrons. The zero-order valence-electron chi connectivity index (χ0n) is 13.7. The number of nitrogens with zero attached hydrogens (tertiary/aromatic N) is 3. The Morgan fingerprint density at radius 1 is 1.24 bits per heavy atom. The van der Waals surface area contributed by atoms with Crippen LogP contribution >= 0.6 is 0 Å². The lowest BCUT2D eigenvalue weighted by molar-refractivity contribution is -0.152. The highest BCUT2D eigenvalue weighted by Gasteiger charge is 2.51. The van der Waals surface area contributed by atoms with Crippen molar-refractivity contribution in [2.24, 2.45) is 0 Å². The molecule has 25 heavy (non-hydrogen) atoms. The molecule has 2 unspecified atom stereocenters. The first kappa shape index (κ1) is 15.3. The van der Waals surface area contributed by atoms with Crippen molar-refractivity contribution >= 4 is 28.9 Å². The van der Waals surface area contributed by atoms with Crippen LogP contribution in [0, 0.1) is 0 Å². The second kappa shape index (κ2) is 5.40. The van der Waals surface area contributed by atoms with Gasteiger partial charge in [0, 0.05) is 11.3 Å². The Balaban J connectivity index is 1.71. The summed E-state index contributed by atoms with van der Waals surface area (Å²) in [6.07, 6.45) is 2.67. The van der Waals surface area contributed by atoms with E-state index in [2.05, 4.69) is 31.1 Å². The minimum Gasteiger partial charge on any atom is -0.465 e. The summed E-state index contributed by atoms with van der Waals surface area (Å²) in [7, 11) is 0. The molecule has 1 aromatic heterocycles. The smallest absolute Gasteiger partial charge is 0.326 e. The molecule has 2 aromatic rings. The van der Waals surface area contributed by atoms with Crippen molar-refractivity contribution in [1.29, 1.82) is 0 Å². The second-order valence-corrected chi connectivity index (χ2v) is 5.99. The Bertz CT molecular complexity index is 872. The summed E-state index contributed by atoms with van der Waals surface area (Å²) in [6, 6.07) is 3.59. The Labute approximate surface area is 143 Å². The fraction of sp³-hybridized carbons (Fsp3) is 0.312. The van der Waals surface area contributed by atoms with Gasteiger partial charge in [0.15, 0.2) is 5.41 Å². The van der Waals surface area contributed by atoms with Crippen LogP contribution in [-0.4, -0.2) is 33.7 Å². The van der Waals surface area contributed by atoms with E-state index in [-0.39, 0.29) is 18.7 Å². The van der Waals surface area contributed by atoms with E-state index in [0.717, 1.165) is 11.4 Å². The Morgan fingerprint density at radius 3 is 2.68 bits per heavy atom. The summed E-state index contributed by atoms with van der Waals surface area (Å²) >= 11 is 0. The molecule has 0 radical (unpaired) electrons. The maximum absolute atomic E-state index is 12.4. The van der Waals surface area contributed by atoms with Gasteiger partial charge >= 0.3 is 5.97 Å². The van der Waals surface area contributed by atoms with Gasteiger partial charge in [-0.15, -0.1) is 5.10 Å². The van der Waals surface area contributed by atoms with E-state index in [1.54, 1.807) is 32.2 Å². The van der Waals surface area contributed by atoms with Crippen LogP contribution in [0.1, 0.15) is 31.3 Å². The lowest BCUT2D eigenvalue weighted by Gasteiger charge is -2.20. The maximum Gasteiger partial charge on any atom is 0.326 e. The Kier molecular flexibility index (Phi) is 3.31. The number of hydrogen-bond donors (Lipinski definition) is 3. The first-order valence-electron chi connectivity index (χ1n) is 7.87. The average molecular weight is 340 g/mol. The number of anilines is 3. The van der Waals surface area contributed by atoms with Crippen LogP contribution in [0.25, 0.3) is 0 Å². The van der Waals surface area contributed by atoms with Crippen LogP contribution in [0.5, 0.6) is 0 Å². The van der Waals surface area contributed by atoms with Crippen molar-refractivity contribution in [3.63, 3.8) is 0 Å². The molecule has 3 N–H and O–H groups in total. The van der Waals surface area contributed by atoms with Gasteiger partial charge in [-0.1, -0.05) is 0 Å². The number of aromatic nitrogens is 3. The predicted molar refractivity (Wildman–Crippen MR) is 88.9 cm³/mol. The molecule has 3 heterocycles. The number of nitrogens with one attached hydrogen (secondary N) is 3. The lowest BCUT2D eigenvalue weighted by Crippen LogP contribution is -2.40. The highest BCUT2D eigenvalue weighted by molar-refractivity contribution is 6.19. The van der Waals surface area contributed by atoms with Gasteiger partial charge in [0.25, 0.3) is 0 Å². The monoisotopic (exact) mass is 340 g/mol. The van der Waals surface area contributed by atoms with E-state index in [1.807, 2.05) is 0 Å². The van der Waals surface area contributed by atoms with E-state index in [1.165, 1.54) is 6.33 Å². The molecule has 9 heteroatoms. The minimum absolute atomic E-state index is 0.213. The largest absolute Gasteiger partial charge is 0.465 e. The summed E-state index contributed by atoms with van der Waals surface area (Å²) in [5, 5.41) is 16.8. The van der Waals surface area contributed by atoms with Crippen LogP contribution in [-0.2, 0) is 19.7 Å². The highest BCUT2D eigenvalue weighted by atomic mass is 16.5. The summed E-state index contributed by atoms with van der Waals surface area (Å²) in [5.74, 6) is -0.949. The van der Waals surface area contributed by atoms with Gasteiger partial charge in [0.2, 0.25) is 5.91 Å². The molecule has 0 spiro atoms. The van der Waals surface area contributed by atoms with Gasteiger partial charge < -0.3 is 20.7 Å². The van der Waals surface area contributed by atoms with Crippen LogP contribution < -0.4 is 16.0 Å². The summed E-state index contributed by atoms with van der Waals surface area (Å²) in [4.78, 5) is 29.0. The Morgan fingerprint density at radius 2 is 2.00 bits per heavy atom. The molecule has 0 saturated heterocycles. The zero-order valence-corrected chi connectivity index (χ0v) is 13.7. The second-order valence-electron chi connectivity index (χ2n) is 5.99. The third-order valence-electron chi connectivity index (χ3n) is 4.49. The first-order valence-corrected chi connectivity index (χ1v) is 7.87. The van der Waals surface area contributed by atoms with E-state index < -0.39 is 11.4 Å². The van der Waals surface area contributed by atoms with Crippen LogP contribution in [0.15, 0.2) is 24.7 Å². The molecule has 9 nitrogen and oxygen atoms in total. The number of hydrogen-bond acceptors (Lipinski definition) is 8. The molecule has 0 aliphatic carbocycles. The number of amides is 1. The number of esters is 1. The van der Waals surface area contributed by atoms with Crippen LogP contribution in [0.2, 0.25) is 0 Å². The first-order chi connectivity index (χ1) is 12.0. The third kappa shape index (κ3) is 2.19. The van der Waals surface area contributed by atoms with Gasteiger partial charge in [0.1, 0.15) is 18.2 Å². The Hall–Kier alpha value is -3.23. The number of carbonyl (C=O) groups is 2. The van der Waals surface area contributed by atoms with Gasteiger partial charge in [0.05, 0.1) is 24.2 Å².